The lowest BCUT2D eigenvalue weighted by atomic mass is 10.2. The largest absolute Gasteiger partial charge is 0.325 e. The summed E-state index contributed by atoms with van der Waals surface area (Å²) in [6, 6.07) is 13.8. The van der Waals surface area contributed by atoms with Gasteiger partial charge in [0.15, 0.2) is 0 Å². The van der Waals surface area contributed by atoms with Gasteiger partial charge in [0.1, 0.15) is 5.82 Å². The number of amides is 1. The van der Waals surface area contributed by atoms with E-state index in [4.69, 9.17) is 0 Å². The summed E-state index contributed by atoms with van der Waals surface area (Å²) in [5.41, 5.74) is 1.58. The van der Waals surface area contributed by atoms with Crippen LogP contribution < -0.4 is 5.32 Å². The number of benzene rings is 2. The maximum absolute atomic E-state index is 13.1. The van der Waals surface area contributed by atoms with Crippen molar-refractivity contribution in [3.05, 3.63) is 64.4 Å². The first-order chi connectivity index (χ1) is 10.0. The minimum absolute atomic E-state index is 0.105. The van der Waals surface area contributed by atoms with Gasteiger partial charge in [-0.3, -0.25) is 9.69 Å². The minimum atomic E-state index is -0.264. The summed E-state index contributed by atoms with van der Waals surface area (Å²) in [7, 11) is 1.82. The Bertz CT molecular complexity index is 633. The lowest BCUT2D eigenvalue weighted by Crippen LogP contribution is -2.29. The van der Waals surface area contributed by atoms with Gasteiger partial charge in [-0.05, 0) is 42.9 Å². The SMILES string of the molecule is CN(CC(=O)Nc1cccc(Br)c1)Cc1cccc(F)c1. The van der Waals surface area contributed by atoms with E-state index in [2.05, 4.69) is 21.2 Å². The number of hydrogen-bond acceptors (Lipinski definition) is 2. The average molecular weight is 351 g/mol. The van der Waals surface area contributed by atoms with Crippen LogP contribution in [0.3, 0.4) is 0 Å². The first-order valence-corrected chi connectivity index (χ1v) is 7.30. The molecule has 2 aromatic rings. The number of anilines is 1. The maximum Gasteiger partial charge on any atom is 0.238 e. The van der Waals surface area contributed by atoms with E-state index in [1.54, 1.807) is 6.07 Å². The number of nitrogens with zero attached hydrogens (tertiary/aromatic N) is 1. The Morgan fingerprint density at radius 3 is 2.71 bits per heavy atom. The second kappa shape index (κ2) is 7.33. The van der Waals surface area contributed by atoms with Gasteiger partial charge in [0.25, 0.3) is 0 Å². The molecule has 0 atom stereocenters. The van der Waals surface area contributed by atoms with Gasteiger partial charge in [0, 0.05) is 16.7 Å². The Hall–Kier alpha value is -1.72. The fourth-order valence-electron chi connectivity index (χ4n) is 2.01. The van der Waals surface area contributed by atoms with Crippen molar-refractivity contribution in [2.24, 2.45) is 0 Å². The van der Waals surface area contributed by atoms with Crippen LogP contribution in [0.4, 0.5) is 10.1 Å². The lowest BCUT2D eigenvalue weighted by Gasteiger charge is -2.16. The van der Waals surface area contributed by atoms with Crippen molar-refractivity contribution in [1.82, 2.24) is 4.90 Å². The maximum atomic E-state index is 13.1. The van der Waals surface area contributed by atoms with Crippen LogP contribution in [0.2, 0.25) is 0 Å². The van der Waals surface area contributed by atoms with Crippen LogP contribution in [0.1, 0.15) is 5.56 Å². The number of hydrogen-bond donors (Lipinski definition) is 1. The number of carbonyl (C=O) groups excluding carboxylic acids is 1. The summed E-state index contributed by atoms with van der Waals surface area (Å²) >= 11 is 3.36. The van der Waals surface area contributed by atoms with Crippen molar-refractivity contribution in [2.45, 2.75) is 6.54 Å². The fourth-order valence-corrected chi connectivity index (χ4v) is 2.41. The first kappa shape index (κ1) is 15.7. The quantitative estimate of drug-likeness (QED) is 0.892. The van der Waals surface area contributed by atoms with Gasteiger partial charge < -0.3 is 5.32 Å². The zero-order valence-electron chi connectivity index (χ0n) is 11.6. The normalized spacial score (nSPS) is 10.7. The Labute approximate surface area is 131 Å². The molecule has 110 valence electrons. The van der Waals surface area contributed by atoms with Crippen LogP contribution in [-0.4, -0.2) is 24.4 Å². The predicted molar refractivity (Wildman–Crippen MR) is 85.5 cm³/mol. The average Bonchev–Trinajstić information content (AvgIpc) is 2.38. The summed E-state index contributed by atoms with van der Waals surface area (Å²) in [6.45, 7) is 0.757. The summed E-state index contributed by atoms with van der Waals surface area (Å²) < 4.78 is 14.0. The van der Waals surface area contributed by atoms with E-state index in [1.165, 1.54) is 12.1 Å². The molecule has 1 amide bonds. The van der Waals surface area contributed by atoms with Gasteiger partial charge in [-0.15, -0.1) is 0 Å². The van der Waals surface area contributed by atoms with Gasteiger partial charge >= 0.3 is 0 Å². The molecule has 1 N–H and O–H groups in total. The van der Waals surface area contributed by atoms with Crippen LogP contribution >= 0.6 is 15.9 Å². The summed E-state index contributed by atoms with van der Waals surface area (Å²) in [5.74, 6) is -0.369. The lowest BCUT2D eigenvalue weighted by molar-refractivity contribution is -0.117. The van der Waals surface area contributed by atoms with Crippen LogP contribution in [0, 0.1) is 5.82 Å². The molecule has 0 saturated heterocycles. The van der Waals surface area contributed by atoms with E-state index in [0.717, 1.165) is 15.7 Å². The summed E-state index contributed by atoms with van der Waals surface area (Å²) in [4.78, 5) is 13.8. The number of rotatable bonds is 5. The van der Waals surface area contributed by atoms with Crippen LogP contribution in [-0.2, 0) is 11.3 Å². The van der Waals surface area contributed by atoms with Gasteiger partial charge in [0.2, 0.25) is 5.91 Å². The molecule has 3 nitrogen and oxygen atoms in total. The van der Waals surface area contributed by atoms with E-state index in [0.29, 0.717) is 6.54 Å². The highest BCUT2D eigenvalue weighted by atomic mass is 79.9. The van der Waals surface area contributed by atoms with Crippen LogP contribution in [0.15, 0.2) is 53.0 Å². The predicted octanol–water partition coefficient (Wildman–Crippen LogP) is 3.66. The number of carbonyl (C=O) groups is 1. The molecule has 0 spiro atoms. The Morgan fingerprint density at radius 1 is 1.24 bits per heavy atom. The molecule has 0 aliphatic rings. The van der Waals surface area contributed by atoms with Gasteiger partial charge in [-0.25, -0.2) is 4.39 Å². The standard InChI is InChI=1S/C16H16BrFN2O/c1-20(10-12-4-2-6-14(18)8-12)11-16(21)19-15-7-3-5-13(17)9-15/h2-9H,10-11H2,1H3,(H,19,21). The topological polar surface area (TPSA) is 32.3 Å². The van der Waals surface area contributed by atoms with Crippen molar-refractivity contribution in [2.75, 3.05) is 18.9 Å². The molecule has 0 aliphatic heterocycles. The second-order valence-electron chi connectivity index (χ2n) is 4.86. The van der Waals surface area contributed by atoms with E-state index in [9.17, 15) is 9.18 Å². The highest BCUT2D eigenvalue weighted by Gasteiger charge is 2.08. The van der Waals surface area contributed by atoms with Crippen molar-refractivity contribution < 1.29 is 9.18 Å². The van der Waals surface area contributed by atoms with E-state index in [-0.39, 0.29) is 18.3 Å². The molecule has 5 heteroatoms. The molecule has 21 heavy (non-hydrogen) atoms. The third kappa shape index (κ3) is 5.28. The highest BCUT2D eigenvalue weighted by molar-refractivity contribution is 9.10. The van der Waals surface area contributed by atoms with Gasteiger partial charge in [-0.2, -0.15) is 0 Å². The van der Waals surface area contributed by atoms with Crippen molar-refractivity contribution in [3.8, 4) is 0 Å². The smallest absolute Gasteiger partial charge is 0.238 e. The van der Waals surface area contributed by atoms with Crippen molar-refractivity contribution in [1.29, 1.82) is 0 Å². The van der Waals surface area contributed by atoms with E-state index >= 15 is 0 Å². The fraction of sp³-hybridized carbons (Fsp3) is 0.188. The molecule has 0 aliphatic carbocycles. The summed E-state index contributed by atoms with van der Waals surface area (Å²) in [5, 5.41) is 2.83. The first-order valence-electron chi connectivity index (χ1n) is 6.51. The molecule has 0 heterocycles. The number of halogens is 2. The molecule has 0 fully saturated rings. The van der Waals surface area contributed by atoms with Crippen LogP contribution in [0.25, 0.3) is 0 Å². The molecule has 2 rings (SSSR count). The molecule has 0 saturated carbocycles. The summed E-state index contributed by atoms with van der Waals surface area (Å²) in [6.07, 6.45) is 0. The molecule has 0 unspecified atom stereocenters. The minimum Gasteiger partial charge on any atom is -0.325 e. The van der Waals surface area contributed by atoms with Gasteiger partial charge in [-0.1, -0.05) is 34.1 Å². The Morgan fingerprint density at radius 2 is 2.00 bits per heavy atom. The molecular formula is C16H16BrFN2O. The van der Waals surface area contributed by atoms with Crippen LogP contribution in [0.5, 0.6) is 0 Å². The zero-order valence-corrected chi connectivity index (χ0v) is 13.2. The molecular weight excluding hydrogens is 335 g/mol. The number of likely N-dealkylation sites (N-methyl/N-ethyl adjacent to an activating group) is 1. The Balaban J connectivity index is 1.87. The highest BCUT2D eigenvalue weighted by Crippen LogP contribution is 2.15. The van der Waals surface area contributed by atoms with Crippen molar-refractivity contribution >= 4 is 27.5 Å². The molecule has 2 aromatic carbocycles. The third-order valence-electron chi connectivity index (χ3n) is 2.86. The zero-order chi connectivity index (χ0) is 15.2. The Kier molecular flexibility index (Phi) is 5.47. The third-order valence-corrected chi connectivity index (χ3v) is 3.36. The van der Waals surface area contributed by atoms with Gasteiger partial charge in [0.05, 0.1) is 6.54 Å². The molecule has 0 aromatic heterocycles. The van der Waals surface area contributed by atoms with E-state index in [1.807, 2.05) is 42.3 Å². The van der Waals surface area contributed by atoms with E-state index < -0.39 is 0 Å². The monoisotopic (exact) mass is 350 g/mol. The van der Waals surface area contributed by atoms with Crippen molar-refractivity contribution in [3.63, 3.8) is 0 Å². The molecule has 0 bridgehead atoms. The number of nitrogens with one attached hydrogen (secondary N) is 1. The molecule has 0 radical (unpaired) electrons. The second-order valence-corrected chi connectivity index (χ2v) is 5.78.